The summed E-state index contributed by atoms with van der Waals surface area (Å²) in [6, 6.07) is 22.8. The Hall–Kier alpha value is -0.927. The molecule has 0 bridgehead atoms. The molecule has 218 valence electrons. The van der Waals surface area contributed by atoms with Crippen molar-refractivity contribution in [1.82, 2.24) is 0 Å². The smallest absolute Gasteiger partial charge is 1.00 e. The van der Waals surface area contributed by atoms with Gasteiger partial charge in [0.05, 0.1) is 0 Å². The third-order valence-electron chi connectivity index (χ3n) is 8.92. The first-order valence-corrected chi connectivity index (χ1v) is 21.7. The van der Waals surface area contributed by atoms with Gasteiger partial charge in [-0.3, -0.25) is 0 Å². The fourth-order valence-corrected chi connectivity index (χ4v) is 21.7. The molecule has 4 atom stereocenters. The first kappa shape index (κ1) is 34.0. The molecule has 5 heteroatoms. The van der Waals surface area contributed by atoms with Crippen LogP contribution in [0.3, 0.4) is 0 Å². The van der Waals surface area contributed by atoms with Crippen molar-refractivity contribution in [2.45, 2.75) is 78.5 Å². The molecule has 2 aliphatic carbocycles. The molecule has 0 saturated heterocycles. The van der Waals surface area contributed by atoms with Crippen molar-refractivity contribution in [3.05, 3.63) is 124 Å². The number of allylic oxidation sites excluding steroid dienone is 12. The SMILES string of the molecule is CCC1=[C]([Zr+2]([C]2=C(CC)C=C3C2=CC(CC)P3c2ccccc2)=[C](C)C)C2=CC(CC)P(c3ccccc3)C2=C1.[Cl-].[Cl-]. The number of hydrogen-bond acceptors (Lipinski definition) is 0. The van der Waals surface area contributed by atoms with Crippen LogP contribution in [0.1, 0.15) is 67.2 Å². The molecule has 0 nitrogen and oxygen atoms in total. The fourth-order valence-electron chi connectivity index (χ4n) is 7.07. The Labute approximate surface area is 276 Å². The molecule has 0 amide bonds. The van der Waals surface area contributed by atoms with E-state index in [1.165, 1.54) is 12.8 Å². The first-order valence-electron chi connectivity index (χ1n) is 15.2. The Morgan fingerprint density at radius 3 is 1.31 bits per heavy atom. The van der Waals surface area contributed by atoms with Gasteiger partial charge in [-0.1, -0.05) is 0 Å². The van der Waals surface area contributed by atoms with Crippen molar-refractivity contribution < 1.29 is 46.1 Å². The number of benzene rings is 2. The summed E-state index contributed by atoms with van der Waals surface area (Å²) in [4.78, 5) is 0. The average molecular weight is 711 g/mol. The van der Waals surface area contributed by atoms with Crippen molar-refractivity contribution in [2.75, 3.05) is 0 Å². The van der Waals surface area contributed by atoms with Crippen molar-refractivity contribution in [2.24, 2.45) is 0 Å². The molecule has 4 aliphatic rings. The normalized spacial score (nSPS) is 23.6. The maximum absolute atomic E-state index is 2.73. The molecular formula is C37H42Cl2P2Zr. The Kier molecular flexibility index (Phi) is 11.7. The van der Waals surface area contributed by atoms with Crippen LogP contribution in [0.4, 0.5) is 0 Å². The molecule has 42 heavy (non-hydrogen) atoms. The van der Waals surface area contributed by atoms with Crippen LogP contribution < -0.4 is 35.4 Å². The molecule has 4 unspecified atom stereocenters. The van der Waals surface area contributed by atoms with Gasteiger partial charge in [-0.05, 0) is 0 Å². The van der Waals surface area contributed by atoms with E-state index in [0.717, 1.165) is 12.8 Å². The summed E-state index contributed by atoms with van der Waals surface area (Å²) in [6.45, 7) is 14.5. The Morgan fingerprint density at radius 1 is 0.619 bits per heavy atom. The molecule has 0 N–H and O–H groups in total. The predicted molar refractivity (Wildman–Crippen MR) is 177 cm³/mol. The monoisotopic (exact) mass is 708 g/mol. The van der Waals surface area contributed by atoms with E-state index in [9.17, 15) is 0 Å². The largest absolute Gasteiger partial charge is 1.00 e. The van der Waals surface area contributed by atoms with Crippen LogP contribution in [0.15, 0.2) is 124 Å². The number of halogens is 2. The van der Waals surface area contributed by atoms with Gasteiger partial charge in [0, 0.05) is 0 Å². The Morgan fingerprint density at radius 2 is 1.00 bits per heavy atom. The van der Waals surface area contributed by atoms with Crippen LogP contribution in [0.25, 0.3) is 0 Å². The van der Waals surface area contributed by atoms with Gasteiger partial charge >= 0.3 is 254 Å². The summed E-state index contributed by atoms with van der Waals surface area (Å²) in [7, 11) is -0.648. The van der Waals surface area contributed by atoms with E-state index in [1.807, 2.05) is 6.56 Å². The molecule has 0 radical (unpaired) electrons. The minimum Gasteiger partial charge on any atom is -1.00 e. The number of hydrogen-bond donors (Lipinski definition) is 0. The molecule has 0 fully saturated rings. The predicted octanol–water partition coefficient (Wildman–Crippen LogP) is 4.00. The second-order valence-corrected chi connectivity index (χ2v) is 23.0. The minimum atomic E-state index is -2.38. The van der Waals surface area contributed by atoms with Gasteiger partial charge in [-0.2, -0.15) is 0 Å². The van der Waals surface area contributed by atoms with E-state index >= 15 is 0 Å². The fraction of sp³-hybridized carbons (Fsp3) is 0.324. The molecule has 2 aromatic rings. The number of fused-ring (bicyclic) bond motifs is 2. The average Bonchev–Trinajstić information content (AvgIpc) is 3.71. The van der Waals surface area contributed by atoms with Crippen molar-refractivity contribution in [3.8, 4) is 0 Å². The van der Waals surface area contributed by atoms with E-state index in [2.05, 4.69) is 127 Å². The van der Waals surface area contributed by atoms with Crippen LogP contribution in [0.5, 0.6) is 0 Å². The summed E-state index contributed by atoms with van der Waals surface area (Å²) < 4.78 is 5.36. The second-order valence-electron chi connectivity index (χ2n) is 11.5. The number of rotatable bonds is 8. The van der Waals surface area contributed by atoms with Gasteiger partial charge in [0.1, 0.15) is 0 Å². The molecule has 6 rings (SSSR count). The minimum absolute atomic E-state index is 0. The molecule has 2 heterocycles. The van der Waals surface area contributed by atoms with Crippen LogP contribution in [0.2, 0.25) is 0 Å². The van der Waals surface area contributed by atoms with E-state index in [1.54, 1.807) is 46.7 Å². The zero-order valence-corrected chi connectivity index (χ0v) is 31.5. The standard InChI is InChI=1S/2C17H18P.C3H6.2ClH.Zr/c2*1-3-13-10-14-12-15(4-2)18(17(14)11-13)16-8-6-5-7-9-16;1-3-2;;;/h2*5-9,11-12,15H,3-4H2,1-2H3;1-2H3;2*1H;/q;;;;;+2/p-2. The molecular weight excluding hydrogens is 668 g/mol. The maximum Gasteiger partial charge on any atom is -1.00 e. The second kappa shape index (κ2) is 14.4. The molecule has 0 spiro atoms. The van der Waals surface area contributed by atoms with Crippen LogP contribution in [0, 0.1) is 0 Å². The van der Waals surface area contributed by atoms with Gasteiger partial charge in [-0.25, -0.2) is 0 Å². The van der Waals surface area contributed by atoms with Gasteiger partial charge in [0.2, 0.25) is 0 Å². The van der Waals surface area contributed by atoms with Crippen LogP contribution in [-0.2, 0) is 21.3 Å². The van der Waals surface area contributed by atoms with Crippen LogP contribution >= 0.6 is 15.8 Å². The van der Waals surface area contributed by atoms with E-state index in [0.29, 0.717) is 11.3 Å². The van der Waals surface area contributed by atoms with Crippen molar-refractivity contribution in [3.63, 3.8) is 0 Å². The molecule has 2 aliphatic heterocycles. The summed E-state index contributed by atoms with van der Waals surface area (Å²) in [6.07, 6.45) is 15.5. The third kappa shape index (κ3) is 5.77. The maximum atomic E-state index is 2.73. The molecule has 0 saturated carbocycles. The zero-order chi connectivity index (χ0) is 28.0. The summed E-state index contributed by atoms with van der Waals surface area (Å²) >= 11 is -2.38. The quantitative estimate of drug-likeness (QED) is 0.364. The first-order chi connectivity index (χ1) is 19.5. The topological polar surface area (TPSA) is 0 Å². The molecule has 0 aromatic heterocycles. The summed E-state index contributed by atoms with van der Waals surface area (Å²) in [5.41, 5.74) is 7.96. The zero-order valence-electron chi connectivity index (χ0n) is 25.7. The van der Waals surface area contributed by atoms with Crippen molar-refractivity contribution in [1.29, 1.82) is 0 Å². The van der Waals surface area contributed by atoms with Gasteiger partial charge < -0.3 is 24.8 Å². The Bertz CT molecular complexity index is 1440. The van der Waals surface area contributed by atoms with Crippen LogP contribution in [-0.4, -0.2) is 14.5 Å². The van der Waals surface area contributed by atoms with Crippen molar-refractivity contribution >= 4 is 29.7 Å². The summed E-state index contributed by atoms with van der Waals surface area (Å²) in [5, 5.41) is 6.47. The third-order valence-corrected chi connectivity index (χ3v) is 22.6. The van der Waals surface area contributed by atoms with Gasteiger partial charge in [0.15, 0.2) is 0 Å². The summed E-state index contributed by atoms with van der Waals surface area (Å²) in [5.74, 6) is 0. The molecule has 2 aromatic carbocycles. The van der Waals surface area contributed by atoms with E-state index < -0.39 is 21.3 Å². The van der Waals surface area contributed by atoms with Gasteiger partial charge in [0.25, 0.3) is 0 Å². The van der Waals surface area contributed by atoms with E-state index in [4.69, 9.17) is 0 Å². The van der Waals surface area contributed by atoms with Gasteiger partial charge in [-0.15, -0.1) is 0 Å². The Balaban J connectivity index is 0.00000202. The van der Waals surface area contributed by atoms with E-state index in [-0.39, 0.29) is 40.7 Å².